The van der Waals surface area contributed by atoms with Gasteiger partial charge in [0.1, 0.15) is 0 Å². The van der Waals surface area contributed by atoms with Gasteiger partial charge in [-0.05, 0) is 25.0 Å². The lowest BCUT2D eigenvalue weighted by Gasteiger charge is -2.28. The number of hydrogen-bond acceptors (Lipinski definition) is 2. The Kier molecular flexibility index (Phi) is 2.77. The smallest absolute Gasteiger partial charge is 0.289 e. The zero-order chi connectivity index (χ0) is 9.97. The van der Waals surface area contributed by atoms with Gasteiger partial charge in [-0.25, -0.2) is 0 Å². The SMILES string of the molecule is O=C(c1ccco1)N1CCC(Cl)CC1. The zero-order valence-electron chi connectivity index (χ0n) is 7.78. The fraction of sp³-hybridized carbons (Fsp3) is 0.500. The van der Waals surface area contributed by atoms with Crippen LogP contribution in [0.2, 0.25) is 0 Å². The second-order valence-electron chi connectivity index (χ2n) is 3.44. The van der Waals surface area contributed by atoms with Crippen molar-refractivity contribution in [2.75, 3.05) is 13.1 Å². The molecule has 76 valence electrons. The van der Waals surface area contributed by atoms with Gasteiger partial charge in [-0.2, -0.15) is 0 Å². The molecule has 0 aromatic carbocycles. The first kappa shape index (κ1) is 9.59. The van der Waals surface area contributed by atoms with E-state index >= 15 is 0 Å². The maximum absolute atomic E-state index is 11.8. The molecule has 0 aliphatic carbocycles. The van der Waals surface area contributed by atoms with Crippen molar-refractivity contribution < 1.29 is 9.21 Å². The van der Waals surface area contributed by atoms with Crippen molar-refractivity contribution in [1.82, 2.24) is 4.90 Å². The molecular formula is C10H12ClNO2. The summed E-state index contributed by atoms with van der Waals surface area (Å²) in [6.07, 6.45) is 3.25. The van der Waals surface area contributed by atoms with Crippen molar-refractivity contribution in [3.05, 3.63) is 24.2 Å². The first-order valence-corrected chi connectivity index (χ1v) is 5.18. The Morgan fingerprint density at radius 3 is 2.79 bits per heavy atom. The average Bonchev–Trinajstić information content (AvgIpc) is 2.71. The third-order valence-electron chi connectivity index (χ3n) is 2.44. The molecule has 0 unspecified atom stereocenters. The van der Waals surface area contributed by atoms with Gasteiger partial charge in [0, 0.05) is 18.5 Å². The second-order valence-corrected chi connectivity index (χ2v) is 4.06. The Morgan fingerprint density at radius 1 is 1.50 bits per heavy atom. The summed E-state index contributed by atoms with van der Waals surface area (Å²) in [5.41, 5.74) is 0. The molecule has 3 nitrogen and oxygen atoms in total. The van der Waals surface area contributed by atoms with Crippen LogP contribution in [-0.4, -0.2) is 29.3 Å². The average molecular weight is 214 g/mol. The van der Waals surface area contributed by atoms with E-state index in [0.717, 1.165) is 25.9 Å². The van der Waals surface area contributed by atoms with Crippen molar-refractivity contribution in [2.45, 2.75) is 18.2 Å². The van der Waals surface area contributed by atoms with E-state index in [-0.39, 0.29) is 11.3 Å². The van der Waals surface area contributed by atoms with Crippen LogP contribution >= 0.6 is 11.6 Å². The summed E-state index contributed by atoms with van der Waals surface area (Å²) >= 11 is 5.95. The summed E-state index contributed by atoms with van der Waals surface area (Å²) in [6.45, 7) is 1.46. The zero-order valence-corrected chi connectivity index (χ0v) is 8.54. The molecule has 0 spiro atoms. The number of furan rings is 1. The highest BCUT2D eigenvalue weighted by molar-refractivity contribution is 6.20. The standard InChI is InChI=1S/C10H12ClNO2/c11-8-3-5-12(6-4-8)10(13)9-2-1-7-14-9/h1-2,7-8H,3-6H2. The van der Waals surface area contributed by atoms with E-state index in [1.54, 1.807) is 17.0 Å². The highest BCUT2D eigenvalue weighted by Gasteiger charge is 2.23. The number of piperidine rings is 1. The molecule has 0 bridgehead atoms. The molecule has 14 heavy (non-hydrogen) atoms. The summed E-state index contributed by atoms with van der Waals surface area (Å²) in [7, 11) is 0. The largest absolute Gasteiger partial charge is 0.459 e. The maximum Gasteiger partial charge on any atom is 0.289 e. The van der Waals surface area contributed by atoms with Crippen LogP contribution in [0.1, 0.15) is 23.4 Å². The molecule has 1 aliphatic rings. The van der Waals surface area contributed by atoms with Gasteiger partial charge in [0.05, 0.1) is 6.26 Å². The fourth-order valence-electron chi connectivity index (χ4n) is 1.61. The Hall–Kier alpha value is -0.960. The van der Waals surface area contributed by atoms with Crippen LogP contribution in [0.5, 0.6) is 0 Å². The van der Waals surface area contributed by atoms with Crippen molar-refractivity contribution in [3.63, 3.8) is 0 Å². The predicted molar refractivity (Wildman–Crippen MR) is 53.5 cm³/mol. The summed E-state index contributed by atoms with van der Waals surface area (Å²) in [6, 6.07) is 3.41. The van der Waals surface area contributed by atoms with Gasteiger partial charge in [0.25, 0.3) is 5.91 Å². The van der Waals surface area contributed by atoms with Gasteiger partial charge >= 0.3 is 0 Å². The molecule has 4 heteroatoms. The van der Waals surface area contributed by atoms with Crippen LogP contribution < -0.4 is 0 Å². The molecule has 0 radical (unpaired) electrons. The minimum absolute atomic E-state index is 0.0291. The van der Waals surface area contributed by atoms with Crippen LogP contribution in [-0.2, 0) is 0 Å². The Balaban J connectivity index is 1.99. The molecule has 0 N–H and O–H groups in total. The number of nitrogens with zero attached hydrogens (tertiary/aromatic N) is 1. The monoisotopic (exact) mass is 213 g/mol. The maximum atomic E-state index is 11.8. The summed E-state index contributed by atoms with van der Waals surface area (Å²) < 4.78 is 5.05. The van der Waals surface area contributed by atoms with E-state index in [2.05, 4.69) is 0 Å². The highest BCUT2D eigenvalue weighted by Crippen LogP contribution is 2.17. The molecule has 2 heterocycles. The molecule has 0 saturated carbocycles. The topological polar surface area (TPSA) is 33.5 Å². The first-order valence-electron chi connectivity index (χ1n) is 4.74. The molecule has 1 aromatic rings. The third kappa shape index (κ3) is 1.93. The van der Waals surface area contributed by atoms with E-state index in [9.17, 15) is 4.79 Å². The third-order valence-corrected chi connectivity index (χ3v) is 2.88. The van der Waals surface area contributed by atoms with E-state index in [0.29, 0.717) is 5.76 Å². The number of hydrogen-bond donors (Lipinski definition) is 0. The number of carbonyl (C=O) groups excluding carboxylic acids is 1. The lowest BCUT2D eigenvalue weighted by atomic mass is 10.1. The predicted octanol–water partition coefficient (Wildman–Crippen LogP) is 2.12. The van der Waals surface area contributed by atoms with E-state index < -0.39 is 0 Å². The molecule has 0 atom stereocenters. The lowest BCUT2D eigenvalue weighted by molar-refractivity contribution is 0.0694. The number of carbonyl (C=O) groups is 1. The van der Waals surface area contributed by atoms with Gasteiger partial charge in [-0.1, -0.05) is 0 Å². The van der Waals surface area contributed by atoms with E-state index in [4.69, 9.17) is 16.0 Å². The number of halogens is 1. The summed E-state index contributed by atoms with van der Waals surface area (Å²) in [5.74, 6) is 0.386. The molecule has 1 aliphatic heterocycles. The normalized spacial score (nSPS) is 18.5. The van der Waals surface area contributed by atoms with Gasteiger partial charge in [-0.15, -0.1) is 11.6 Å². The lowest BCUT2D eigenvalue weighted by Crippen LogP contribution is -2.38. The fourth-order valence-corrected chi connectivity index (χ4v) is 1.80. The van der Waals surface area contributed by atoms with Crippen LogP contribution in [0.25, 0.3) is 0 Å². The van der Waals surface area contributed by atoms with Crippen molar-refractivity contribution in [3.8, 4) is 0 Å². The summed E-state index contributed by atoms with van der Waals surface area (Å²) in [4.78, 5) is 13.5. The molecule has 1 amide bonds. The quantitative estimate of drug-likeness (QED) is 0.670. The Bertz CT molecular complexity index is 302. The second kappa shape index (κ2) is 4.05. The van der Waals surface area contributed by atoms with Crippen LogP contribution in [0.3, 0.4) is 0 Å². The van der Waals surface area contributed by atoms with Gasteiger partial charge < -0.3 is 9.32 Å². The van der Waals surface area contributed by atoms with Crippen LogP contribution in [0, 0.1) is 0 Å². The summed E-state index contributed by atoms with van der Waals surface area (Å²) in [5, 5.41) is 0.218. The van der Waals surface area contributed by atoms with Crippen molar-refractivity contribution in [2.24, 2.45) is 0 Å². The Labute approximate surface area is 87.6 Å². The molecule has 1 saturated heterocycles. The molecule has 1 fully saturated rings. The van der Waals surface area contributed by atoms with Crippen LogP contribution in [0.4, 0.5) is 0 Å². The number of amides is 1. The van der Waals surface area contributed by atoms with E-state index in [1.165, 1.54) is 6.26 Å². The number of likely N-dealkylation sites (tertiary alicyclic amines) is 1. The van der Waals surface area contributed by atoms with Crippen LogP contribution in [0.15, 0.2) is 22.8 Å². The van der Waals surface area contributed by atoms with Gasteiger partial charge in [0.2, 0.25) is 0 Å². The van der Waals surface area contributed by atoms with Crippen molar-refractivity contribution in [1.29, 1.82) is 0 Å². The minimum atomic E-state index is -0.0291. The molecule has 1 aromatic heterocycles. The Morgan fingerprint density at radius 2 is 2.21 bits per heavy atom. The van der Waals surface area contributed by atoms with Gasteiger partial charge in [-0.3, -0.25) is 4.79 Å². The van der Waals surface area contributed by atoms with E-state index in [1.807, 2.05) is 0 Å². The van der Waals surface area contributed by atoms with Gasteiger partial charge in [0.15, 0.2) is 5.76 Å². The molecule has 2 rings (SSSR count). The number of rotatable bonds is 1. The number of alkyl halides is 1. The van der Waals surface area contributed by atoms with Crippen molar-refractivity contribution >= 4 is 17.5 Å². The molecular weight excluding hydrogens is 202 g/mol. The minimum Gasteiger partial charge on any atom is -0.459 e. The first-order chi connectivity index (χ1) is 6.77. The highest BCUT2D eigenvalue weighted by atomic mass is 35.5.